The highest BCUT2D eigenvalue weighted by molar-refractivity contribution is 6.32. The summed E-state index contributed by atoms with van der Waals surface area (Å²) in [7, 11) is 0. The van der Waals surface area contributed by atoms with E-state index < -0.39 is 0 Å². The highest BCUT2D eigenvalue weighted by Crippen LogP contribution is 2.21. The molecule has 0 aliphatic carbocycles. The second-order valence-electron chi connectivity index (χ2n) is 2.33. The number of rotatable bonds is 1. The lowest BCUT2D eigenvalue weighted by Gasteiger charge is -2.01. The summed E-state index contributed by atoms with van der Waals surface area (Å²) in [6.07, 6.45) is 5.43. The number of pyridine rings is 1. The second-order valence-corrected chi connectivity index (χ2v) is 2.73. The van der Waals surface area contributed by atoms with Crippen LogP contribution in [0.25, 0.3) is 5.57 Å². The van der Waals surface area contributed by atoms with E-state index in [0.29, 0.717) is 5.02 Å². The highest BCUT2D eigenvalue weighted by atomic mass is 35.5. The lowest BCUT2D eigenvalue weighted by atomic mass is 10.1. The molecule has 0 aliphatic rings. The SMILES string of the molecule is C/C=C(\C)c1ccncc1Cl. The number of hydrogen-bond donors (Lipinski definition) is 0. The van der Waals surface area contributed by atoms with Gasteiger partial charge in [0.25, 0.3) is 0 Å². The molecule has 0 atom stereocenters. The molecular formula is C9H10ClN. The van der Waals surface area contributed by atoms with E-state index in [0.717, 1.165) is 5.56 Å². The molecule has 0 aromatic carbocycles. The van der Waals surface area contributed by atoms with Crippen LogP contribution in [0.4, 0.5) is 0 Å². The summed E-state index contributed by atoms with van der Waals surface area (Å²) in [5.74, 6) is 0. The van der Waals surface area contributed by atoms with Gasteiger partial charge in [0.05, 0.1) is 5.02 Å². The van der Waals surface area contributed by atoms with Crippen LogP contribution in [-0.4, -0.2) is 4.98 Å². The van der Waals surface area contributed by atoms with E-state index in [9.17, 15) is 0 Å². The monoisotopic (exact) mass is 167 g/mol. The first kappa shape index (κ1) is 8.28. The fourth-order valence-electron chi connectivity index (χ4n) is 0.850. The largest absolute Gasteiger partial charge is 0.263 e. The number of halogens is 1. The third-order valence-corrected chi connectivity index (χ3v) is 1.93. The van der Waals surface area contributed by atoms with Gasteiger partial charge in [-0.05, 0) is 31.1 Å². The molecule has 1 nitrogen and oxygen atoms in total. The van der Waals surface area contributed by atoms with Crippen molar-refractivity contribution in [3.63, 3.8) is 0 Å². The average molecular weight is 168 g/mol. The maximum absolute atomic E-state index is 5.89. The van der Waals surface area contributed by atoms with Crippen molar-refractivity contribution in [1.82, 2.24) is 4.98 Å². The van der Waals surface area contributed by atoms with Crippen molar-refractivity contribution >= 4 is 17.2 Å². The molecule has 1 heterocycles. The van der Waals surface area contributed by atoms with E-state index >= 15 is 0 Å². The molecule has 0 spiro atoms. The molecule has 0 N–H and O–H groups in total. The summed E-state index contributed by atoms with van der Waals surface area (Å²) in [6.45, 7) is 4.02. The minimum atomic E-state index is 0.711. The van der Waals surface area contributed by atoms with Crippen molar-refractivity contribution in [2.24, 2.45) is 0 Å². The summed E-state index contributed by atoms with van der Waals surface area (Å²) in [6, 6.07) is 1.91. The molecule has 1 rings (SSSR count). The van der Waals surface area contributed by atoms with E-state index in [1.807, 2.05) is 26.0 Å². The minimum Gasteiger partial charge on any atom is -0.263 e. The molecule has 0 aliphatic heterocycles. The van der Waals surface area contributed by atoms with Crippen LogP contribution in [0.2, 0.25) is 5.02 Å². The Balaban J connectivity index is 3.14. The molecular weight excluding hydrogens is 158 g/mol. The van der Waals surface area contributed by atoms with Gasteiger partial charge in [-0.3, -0.25) is 4.98 Å². The number of nitrogens with zero attached hydrogens (tertiary/aromatic N) is 1. The van der Waals surface area contributed by atoms with Gasteiger partial charge < -0.3 is 0 Å². The molecule has 1 aromatic rings. The first-order valence-corrected chi connectivity index (χ1v) is 3.86. The Morgan fingerprint density at radius 1 is 1.64 bits per heavy atom. The van der Waals surface area contributed by atoms with Crippen molar-refractivity contribution in [3.05, 3.63) is 35.1 Å². The van der Waals surface area contributed by atoms with Gasteiger partial charge in [0.15, 0.2) is 0 Å². The molecule has 0 saturated heterocycles. The van der Waals surface area contributed by atoms with Crippen molar-refractivity contribution in [2.75, 3.05) is 0 Å². The van der Waals surface area contributed by atoms with Crippen LogP contribution in [0.15, 0.2) is 24.5 Å². The molecule has 11 heavy (non-hydrogen) atoms. The van der Waals surface area contributed by atoms with Crippen molar-refractivity contribution in [3.8, 4) is 0 Å². The topological polar surface area (TPSA) is 12.9 Å². The maximum Gasteiger partial charge on any atom is 0.0664 e. The van der Waals surface area contributed by atoms with E-state index in [1.54, 1.807) is 12.4 Å². The predicted octanol–water partition coefficient (Wildman–Crippen LogP) is 3.16. The first-order valence-electron chi connectivity index (χ1n) is 3.48. The fraction of sp³-hybridized carbons (Fsp3) is 0.222. The molecule has 0 bridgehead atoms. The van der Waals surface area contributed by atoms with E-state index in [-0.39, 0.29) is 0 Å². The fourth-order valence-corrected chi connectivity index (χ4v) is 1.12. The van der Waals surface area contributed by atoms with Gasteiger partial charge in [-0.1, -0.05) is 17.7 Å². The van der Waals surface area contributed by atoms with Gasteiger partial charge in [0.2, 0.25) is 0 Å². The zero-order valence-corrected chi connectivity index (χ0v) is 7.39. The Kier molecular flexibility index (Phi) is 2.66. The quantitative estimate of drug-likeness (QED) is 0.626. The van der Waals surface area contributed by atoms with Gasteiger partial charge in [-0.15, -0.1) is 0 Å². The Labute approximate surface area is 71.7 Å². The van der Waals surface area contributed by atoms with Crippen molar-refractivity contribution in [1.29, 1.82) is 0 Å². The van der Waals surface area contributed by atoms with Crippen LogP contribution in [0, 0.1) is 0 Å². The highest BCUT2D eigenvalue weighted by Gasteiger charge is 1.98. The third-order valence-electron chi connectivity index (χ3n) is 1.63. The summed E-state index contributed by atoms with van der Waals surface area (Å²) in [5, 5.41) is 0.711. The van der Waals surface area contributed by atoms with Gasteiger partial charge in [-0.2, -0.15) is 0 Å². The van der Waals surface area contributed by atoms with Gasteiger partial charge >= 0.3 is 0 Å². The Morgan fingerprint density at radius 2 is 2.36 bits per heavy atom. The average Bonchev–Trinajstić information content (AvgIpc) is 2.04. The van der Waals surface area contributed by atoms with Gasteiger partial charge in [0.1, 0.15) is 0 Å². The molecule has 2 heteroatoms. The second kappa shape index (κ2) is 3.54. The smallest absolute Gasteiger partial charge is 0.0664 e. The van der Waals surface area contributed by atoms with Crippen LogP contribution in [0.5, 0.6) is 0 Å². The molecule has 0 saturated carbocycles. The zero-order chi connectivity index (χ0) is 8.27. The van der Waals surface area contributed by atoms with Crippen molar-refractivity contribution < 1.29 is 0 Å². The number of allylic oxidation sites excluding steroid dienone is 2. The van der Waals surface area contributed by atoms with Gasteiger partial charge in [0, 0.05) is 12.4 Å². The van der Waals surface area contributed by atoms with Crippen LogP contribution >= 0.6 is 11.6 Å². The predicted molar refractivity (Wildman–Crippen MR) is 48.6 cm³/mol. The summed E-state index contributed by atoms with van der Waals surface area (Å²) < 4.78 is 0. The van der Waals surface area contributed by atoms with E-state index in [4.69, 9.17) is 11.6 Å². The van der Waals surface area contributed by atoms with Crippen molar-refractivity contribution in [2.45, 2.75) is 13.8 Å². The van der Waals surface area contributed by atoms with E-state index in [1.165, 1.54) is 5.57 Å². The first-order chi connectivity index (χ1) is 5.25. The number of hydrogen-bond acceptors (Lipinski definition) is 1. The zero-order valence-electron chi connectivity index (χ0n) is 6.63. The summed E-state index contributed by atoms with van der Waals surface area (Å²) in [5.41, 5.74) is 2.24. The van der Waals surface area contributed by atoms with Gasteiger partial charge in [-0.25, -0.2) is 0 Å². The van der Waals surface area contributed by atoms with Crippen LogP contribution in [0.3, 0.4) is 0 Å². The number of aromatic nitrogens is 1. The maximum atomic E-state index is 5.89. The summed E-state index contributed by atoms with van der Waals surface area (Å²) in [4.78, 5) is 3.90. The molecule has 58 valence electrons. The lowest BCUT2D eigenvalue weighted by molar-refractivity contribution is 1.31. The molecule has 0 radical (unpaired) electrons. The molecule has 1 aromatic heterocycles. The Hall–Kier alpha value is -0.820. The van der Waals surface area contributed by atoms with Crippen LogP contribution < -0.4 is 0 Å². The minimum absolute atomic E-state index is 0.711. The van der Waals surface area contributed by atoms with Crippen LogP contribution in [-0.2, 0) is 0 Å². The third kappa shape index (κ3) is 1.81. The standard InChI is InChI=1S/C9H10ClN/c1-3-7(2)8-4-5-11-6-9(8)10/h3-6H,1-2H3/b7-3+. The molecule has 0 fully saturated rings. The Bertz CT molecular complexity index is 279. The molecule has 0 amide bonds. The van der Waals surface area contributed by atoms with Crippen LogP contribution in [0.1, 0.15) is 19.4 Å². The summed E-state index contributed by atoms with van der Waals surface area (Å²) >= 11 is 5.89. The van der Waals surface area contributed by atoms with E-state index in [2.05, 4.69) is 4.98 Å². The normalized spacial score (nSPS) is 11.7. The molecule has 0 unspecified atom stereocenters. The Morgan fingerprint density at radius 3 is 2.91 bits per heavy atom. The lowest BCUT2D eigenvalue weighted by Crippen LogP contribution is -1.81.